The maximum Gasteiger partial charge on any atom is 0.273 e. The molecule has 2 heterocycles. The molecular formula is C14H25N3O3S. The van der Waals surface area contributed by atoms with Gasteiger partial charge in [0.1, 0.15) is 5.76 Å². The van der Waals surface area contributed by atoms with Gasteiger partial charge in [-0.25, -0.2) is 13.1 Å². The lowest BCUT2D eigenvalue weighted by Crippen LogP contribution is -2.31. The molecule has 1 fully saturated rings. The summed E-state index contributed by atoms with van der Waals surface area (Å²) in [7, 11) is 0.0618. The van der Waals surface area contributed by atoms with Crippen LogP contribution in [-0.4, -0.2) is 47.0 Å². The summed E-state index contributed by atoms with van der Waals surface area (Å²) in [5.74, 6) is 1.44. The standard InChI is InChI=1S/C14H25N3O3S/c1-15-21(18,19)14-4-3-13(20-14)11-16-8-5-12-6-9-17(2)10-7-12/h3-4,12,15-16H,5-11H2,1-2H3. The van der Waals surface area contributed by atoms with E-state index >= 15 is 0 Å². The van der Waals surface area contributed by atoms with Crippen LogP contribution in [0.5, 0.6) is 0 Å². The summed E-state index contributed by atoms with van der Waals surface area (Å²) in [4.78, 5) is 2.37. The van der Waals surface area contributed by atoms with E-state index in [1.54, 1.807) is 6.07 Å². The lowest BCUT2D eigenvalue weighted by atomic mass is 9.94. The third-order valence-corrected chi connectivity index (χ3v) is 5.32. The van der Waals surface area contributed by atoms with Crippen LogP contribution in [0.4, 0.5) is 0 Å². The molecule has 2 rings (SSSR count). The Morgan fingerprint density at radius 1 is 1.33 bits per heavy atom. The fraction of sp³-hybridized carbons (Fsp3) is 0.714. The van der Waals surface area contributed by atoms with Gasteiger partial charge >= 0.3 is 0 Å². The number of nitrogens with one attached hydrogen (secondary N) is 2. The van der Waals surface area contributed by atoms with E-state index in [0.29, 0.717) is 12.3 Å². The number of nitrogens with zero attached hydrogens (tertiary/aromatic N) is 1. The fourth-order valence-corrected chi connectivity index (χ4v) is 3.23. The Labute approximate surface area is 126 Å². The molecule has 120 valence electrons. The zero-order chi connectivity index (χ0) is 15.3. The summed E-state index contributed by atoms with van der Waals surface area (Å²) in [6.07, 6.45) is 3.70. The fourth-order valence-electron chi connectivity index (χ4n) is 2.57. The average molecular weight is 315 g/mol. The molecule has 0 spiro atoms. The van der Waals surface area contributed by atoms with E-state index in [0.717, 1.165) is 18.9 Å². The molecule has 1 aromatic rings. The highest BCUT2D eigenvalue weighted by Gasteiger charge is 2.17. The normalized spacial score (nSPS) is 18.2. The predicted molar refractivity (Wildman–Crippen MR) is 81.5 cm³/mol. The molecule has 0 radical (unpaired) electrons. The lowest BCUT2D eigenvalue weighted by molar-refractivity contribution is 0.211. The molecule has 0 amide bonds. The van der Waals surface area contributed by atoms with E-state index in [4.69, 9.17) is 4.42 Å². The highest BCUT2D eigenvalue weighted by atomic mass is 32.2. The second-order valence-corrected chi connectivity index (χ2v) is 7.46. The quantitative estimate of drug-likeness (QED) is 0.735. The molecule has 1 aliphatic rings. The van der Waals surface area contributed by atoms with Crippen molar-refractivity contribution >= 4 is 10.0 Å². The Morgan fingerprint density at radius 2 is 2.05 bits per heavy atom. The van der Waals surface area contributed by atoms with E-state index < -0.39 is 10.0 Å². The Hall–Kier alpha value is -0.890. The Kier molecular flexibility index (Phi) is 5.80. The van der Waals surface area contributed by atoms with Gasteiger partial charge in [0.05, 0.1) is 6.54 Å². The van der Waals surface area contributed by atoms with Crippen LogP contribution in [0, 0.1) is 5.92 Å². The molecule has 0 saturated carbocycles. The molecule has 0 aliphatic carbocycles. The van der Waals surface area contributed by atoms with Crippen LogP contribution in [0.25, 0.3) is 0 Å². The molecule has 0 unspecified atom stereocenters. The number of piperidine rings is 1. The molecule has 1 aromatic heterocycles. The van der Waals surface area contributed by atoms with Gasteiger partial charge < -0.3 is 14.6 Å². The van der Waals surface area contributed by atoms with Crippen molar-refractivity contribution in [3.63, 3.8) is 0 Å². The van der Waals surface area contributed by atoms with Gasteiger partial charge in [0.25, 0.3) is 10.0 Å². The number of sulfonamides is 1. The molecule has 1 aliphatic heterocycles. The van der Waals surface area contributed by atoms with Crippen molar-refractivity contribution in [2.75, 3.05) is 33.7 Å². The van der Waals surface area contributed by atoms with E-state index in [2.05, 4.69) is 22.0 Å². The Morgan fingerprint density at radius 3 is 2.71 bits per heavy atom. The van der Waals surface area contributed by atoms with Gasteiger partial charge in [-0.1, -0.05) is 0 Å². The highest BCUT2D eigenvalue weighted by molar-refractivity contribution is 7.89. The summed E-state index contributed by atoms with van der Waals surface area (Å²) in [6.45, 7) is 3.87. The van der Waals surface area contributed by atoms with E-state index in [1.165, 1.54) is 39.0 Å². The minimum absolute atomic E-state index is 0.0304. The number of likely N-dealkylation sites (tertiary alicyclic amines) is 1. The lowest BCUT2D eigenvalue weighted by Gasteiger charge is -2.28. The van der Waals surface area contributed by atoms with Gasteiger partial charge in [-0.3, -0.25) is 0 Å². The first-order valence-electron chi connectivity index (χ1n) is 7.43. The SMILES string of the molecule is CNS(=O)(=O)c1ccc(CNCCC2CCN(C)CC2)o1. The van der Waals surface area contributed by atoms with Gasteiger partial charge in [0.15, 0.2) is 0 Å². The van der Waals surface area contributed by atoms with Crippen molar-refractivity contribution in [1.82, 2.24) is 14.9 Å². The van der Waals surface area contributed by atoms with Crippen LogP contribution in [-0.2, 0) is 16.6 Å². The minimum Gasteiger partial charge on any atom is -0.447 e. The smallest absolute Gasteiger partial charge is 0.273 e. The largest absolute Gasteiger partial charge is 0.447 e. The first-order chi connectivity index (χ1) is 10.0. The van der Waals surface area contributed by atoms with Crippen LogP contribution >= 0.6 is 0 Å². The zero-order valence-corrected chi connectivity index (χ0v) is 13.6. The Balaban J connectivity index is 1.70. The first kappa shape index (κ1) is 16.5. The summed E-state index contributed by atoms with van der Waals surface area (Å²) in [5, 5.41) is 3.29. The molecule has 2 N–H and O–H groups in total. The van der Waals surface area contributed by atoms with Crippen molar-refractivity contribution in [1.29, 1.82) is 0 Å². The number of furan rings is 1. The maximum absolute atomic E-state index is 11.5. The van der Waals surface area contributed by atoms with Crippen molar-refractivity contribution in [2.45, 2.75) is 30.9 Å². The number of rotatable bonds is 7. The summed E-state index contributed by atoms with van der Waals surface area (Å²) in [5.41, 5.74) is 0. The minimum atomic E-state index is -3.48. The molecule has 0 bridgehead atoms. The predicted octanol–water partition coefficient (Wildman–Crippen LogP) is 1.01. The van der Waals surface area contributed by atoms with Gasteiger partial charge in [0.2, 0.25) is 5.09 Å². The second-order valence-electron chi connectivity index (χ2n) is 5.64. The molecule has 1 saturated heterocycles. The van der Waals surface area contributed by atoms with Gasteiger partial charge in [0, 0.05) is 0 Å². The third kappa shape index (κ3) is 4.81. The highest BCUT2D eigenvalue weighted by Crippen LogP contribution is 2.19. The van der Waals surface area contributed by atoms with Gasteiger partial charge in [-0.05, 0) is 71.0 Å². The van der Waals surface area contributed by atoms with E-state index in [1.807, 2.05) is 0 Å². The second kappa shape index (κ2) is 7.40. The average Bonchev–Trinajstić information content (AvgIpc) is 2.95. The molecular weight excluding hydrogens is 290 g/mol. The summed E-state index contributed by atoms with van der Waals surface area (Å²) in [6, 6.07) is 3.19. The number of hydrogen-bond donors (Lipinski definition) is 2. The summed E-state index contributed by atoms with van der Waals surface area (Å²) < 4.78 is 30.7. The molecule has 0 aromatic carbocycles. The van der Waals surface area contributed by atoms with Crippen molar-refractivity contribution in [2.24, 2.45) is 5.92 Å². The molecule has 7 heteroatoms. The zero-order valence-electron chi connectivity index (χ0n) is 12.8. The van der Waals surface area contributed by atoms with Crippen LogP contribution in [0.3, 0.4) is 0 Å². The van der Waals surface area contributed by atoms with Crippen LogP contribution in [0.1, 0.15) is 25.0 Å². The topological polar surface area (TPSA) is 74.6 Å². The third-order valence-electron chi connectivity index (χ3n) is 4.04. The van der Waals surface area contributed by atoms with Gasteiger partial charge in [-0.2, -0.15) is 0 Å². The molecule has 0 atom stereocenters. The summed E-state index contributed by atoms with van der Waals surface area (Å²) >= 11 is 0. The van der Waals surface area contributed by atoms with Crippen LogP contribution < -0.4 is 10.0 Å². The molecule has 21 heavy (non-hydrogen) atoms. The van der Waals surface area contributed by atoms with Crippen molar-refractivity contribution in [3.05, 3.63) is 17.9 Å². The monoisotopic (exact) mass is 315 g/mol. The van der Waals surface area contributed by atoms with Crippen molar-refractivity contribution in [3.8, 4) is 0 Å². The van der Waals surface area contributed by atoms with Crippen molar-refractivity contribution < 1.29 is 12.8 Å². The Bertz CT molecular complexity index is 533. The van der Waals surface area contributed by atoms with Gasteiger partial charge in [-0.15, -0.1) is 0 Å². The van der Waals surface area contributed by atoms with E-state index in [9.17, 15) is 8.42 Å². The first-order valence-corrected chi connectivity index (χ1v) is 8.91. The van der Waals surface area contributed by atoms with Crippen LogP contribution in [0.15, 0.2) is 21.6 Å². The maximum atomic E-state index is 11.5. The molecule has 6 nitrogen and oxygen atoms in total. The van der Waals surface area contributed by atoms with E-state index in [-0.39, 0.29) is 5.09 Å². The number of hydrogen-bond acceptors (Lipinski definition) is 5. The van der Waals surface area contributed by atoms with Crippen LogP contribution in [0.2, 0.25) is 0 Å².